The van der Waals surface area contributed by atoms with Gasteiger partial charge in [-0.15, -0.1) is 0 Å². The summed E-state index contributed by atoms with van der Waals surface area (Å²) in [6.45, 7) is 8.29. The molecule has 0 unspecified atom stereocenters. The van der Waals surface area contributed by atoms with E-state index in [1.807, 2.05) is 36.4 Å². The van der Waals surface area contributed by atoms with E-state index in [2.05, 4.69) is 59.2 Å². The van der Waals surface area contributed by atoms with Crippen molar-refractivity contribution in [2.75, 3.05) is 38.5 Å². The van der Waals surface area contributed by atoms with Gasteiger partial charge in [-0.05, 0) is 28.8 Å². The molecule has 3 aromatic carbocycles. The molecule has 0 bridgehead atoms. The lowest BCUT2D eigenvalue weighted by atomic mass is 9.90. The van der Waals surface area contributed by atoms with Crippen molar-refractivity contribution >= 4 is 5.69 Å². The second-order valence-corrected chi connectivity index (χ2v) is 10.1. The number of aliphatic hydroxyl groups excluding tert-OH is 1. The second-order valence-electron chi connectivity index (χ2n) is 10.1. The molecule has 0 saturated carbocycles. The number of hydrogen-bond donors (Lipinski definition) is 2. The van der Waals surface area contributed by atoms with Crippen LogP contribution in [0.15, 0.2) is 78.9 Å². The second kappa shape index (κ2) is 11.5. The highest BCUT2D eigenvalue weighted by Gasteiger charge is 2.39. The summed E-state index contributed by atoms with van der Waals surface area (Å²) in [5, 5.41) is 9.46. The van der Waals surface area contributed by atoms with Gasteiger partial charge in [-0.25, -0.2) is 0 Å². The van der Waals surface area contributed by atoms with Crippen LogP contribution < -0.4 is 5.73 Å². The van der Waals surface area contributed by atoms with E-state index >= 15 is 0 Å². The van der Waals surface area contributed by atoms with Crippen molar-refractivity contribution in [2.24, 2.45) is 5.92 Å². The minimum Gasteiger partial charge on any atom is -0.399 e. The van der Waals surface area contributed by atoms with Crippen molar-refractivity contribution in [2.45, 2.75) is 38.6 Å². The number of nitrogens with two attached hydrogens (primary N) is 1. The number of rotatable bonds is 7. The van der Waals surface area contributed by atoms with E-state index in [0.29, 0.717) is 5.69 Å². The number of nitrogen functional groups attached to an aromatic ring is 1. The third kappa shape index (κ3) is 5.97. The molecule has 3 aromatic rings. The first kappa shape index (κ1) is 24.9. The lowest BCUT2D eigenvalue weighted by molar-refractivity contribution is -0.276. The zero-order valence-electron chi connectivity index (χ0n) is 21.0. The van der Waals surface area contributed by atoms with Crippen molar-refractivity contribution in [3.05, 3.63) is 101 Å². The Labute approximate surface area is 214 Å². The molecule has 190 valence electrons. The summed E-state index contributed by atoms with van der Waals surface area (Å²) in [7, 11) is 0. The molecule has 5 rings (SSSR count). The van der Waals surface area contributed by atoms with Crippen LogP contribution in [-0.4, -0.2) is 53.7 Å². The van der Waals surface area contributed by atoms with E-state index in [0.717, 1.165) is 56.0 Å². The van der Waals surface area contributed by atoms with Crippen molar-refractivity contribution in [1.82, 2.24) is 9.80 Å². The largest absolute Gasteiger partial charge is 0.399 e. The summed E-state index contributed by atoms with van der Waals surface area (Å²) in [6.07, 6.45) is -0.563. The van der Waals surface area contributed by atoms with Crippen molar-refractivity contribution in [1.29, 1.82) is 0 Å². The molecule has 6 heteroatoms. The molecular formula is C30H37N3O3. The summed E-state index contributed by atoms with van der Waals surface area (Å²) < 4.78 is 13.1. The van der Waals surface area contributed by atoms with Gasteiger partial charge in [-0.1, -0.05) is 73.7 Å². The van der Waals surface area contributed by atoms with Crippen LogP contribution in [0, 0.1) is 5.92 Å². The summed E-state index contributed by atoms with van der Waals surface area (Å²) in [4.78, 5) is 5.05. The van der Waals surface area contributed by atoms with Gasteiger partial charge in [0.15, 0.2) is 6.29 Å². The quantitative estimate of drug-likeness (QED) is 0.482. The summed E-state index contributed by atoms with van der Waals surface area (Å²) >= 11 is 0. The average molecular weight is 488 g/mol. The summed E-state index contributed by atoms with van der Waals surface area (Å²) in [5.74, 6) is 0.171. The number of nitrogens with zero attached hydrogens (tertiary/aromatic N) is 2. The Morgan fingerprint density at radius 2 is 1.53 bits per heavy atom. The van der Waals surface area contributed by atoms with E-state index in [9.17, 15) is 5.11 Å². The molecular weight excluding hydrogens is 450 g/mol. The van der Waals surface area contributed by atoms with Crippen LogP contribution in [0.5, 0.6) is 0 Å². The number of benzene rings is 3. The van der Waals surface area contributed by atoms with E-state index in [1.165, 1.54) is 5.56 Å². The summed E-state index contributed by atoms with van der Waals surface area (Å²) in [6, 6.07) is 26.5. The first-order valence-electron chi connectivity index (χ1n) is 12.9. The van der Waals surface area contributed by atoms with Gasteiger partial charge in [-0.3, -0.25) is 9.80 Å². The lowest BCUT2D eigenvalue weighted by Gasteiger charge is -2.44. The van der Waals surface area contributed by atoms with Gasteiger partial charge in [0, 0.05) is 56.4 Å². The van der Waals surface area contributed by atoms with Crippen LogP contribution in [0.1, 0.15) is 41.6 Å². The van der Waals surface area contributed by atoms with Crippen LogP contribution in [0.25, 0.3) is 0 Å². The third-order valence-corrected chi connectivity index (χ3v) is 7.46. The molecule has 0 amide bonds. The van der Waals surface area contributed by atoms with Gasteiger partial charge in [-0.2, -0.15) is 0 Å². The fourth-order valence-corrected chi connectivity index (χ4v) is 5.26. The molecule has 4 atom stereocenters. The third-order valence-electron chi connectivity index (χ3n) is 7.46. The highest BCUT2D eigenvalue weighted by Crippen LogP contribution is 2.42. The fourth-order valence-electron chi connectivity index (χ4n) is 5.26. The SMILES string of the molecule is C[C@@H]1[C@H](CN2CCN(Cc3ccccc3)CC2)O[C@H](c2cccc(N)c2)O[C@@H]1c1ccc(CO)cc1. The first-order valence-corrected chi connectivity index (χ1v) is 12.9. The Bertz CT molecular complexity index is 1100. The van der Waals surface area contributed by atoms with Crippen LogP contribution in [0.3, 0.4) is 0 Å². The number of ether oxygens (including phenoxy) is 2. The lowest BCUT2D eigenvalue weighted by Crippen LogP contribution is -2.51. The highest BCUT2D eigenvalue weighted by atomic mass is 16.7. The minimum atomic E-state index is -0.475. The van der Waals surface area contributed by atoms with E-state index in [4.69, 9.17) is 15.2 Å². The van der Waals surface area contributed by atoms with Crippen LogP contribution in [-0.2, 0) is 22.6 Å². The molecule has 6 nitrogen and oxygen atoms in total. The van der Waals surface area contributed by atoms with Crippen molar-refractivity contribution < 1.29 is 14.6 Å². The molecule has 2 heterocycles. The molecule has 3 N–H and O–H groups in total. The number of anilines is 1. The van der Waals surface area contributed by atoms with Gasteiger partial charge < -0.3 is 20.3 Å². The molecule has 2 saturated heterocycles. The number of hydrogen-bond acceptors (Lipinski definition) is 6. The first-order chi connectivity index (χ1) is 17.6. The molecule has 2 aliphatic rings. The Balaban J connectivity index is 1.28. The van der Waals surface area contributed by atoms with E-state index < -0.39 is 6.29 Å². The normalized spacial score (nSPS) is 25.6. The van der Waals surface area contributed by atoms with Crippen molar-refractivity contribution in [3.63, 3.8) is 0 Å². The van der Waals surface area contributed by atoms with E-state index in [1.54, 1.807) is 0 Å². The predicted octanol–water partition coefficient (Wildman–Crippen LogP) is 4.37. The average Bonchev–Trinajstić information content (AvgIpc) is 2.91. The van der Waals surface area contributed by atoms with Crippen LogP contribution in [0.2, 0.25) is 0 Å². The number of aliphatic hydroxyl groups is 1. The zero-order valence-corrected chi connectivity index (χ0v) is 21.0. The molecule has 0 spiro atoms. The molecule has 2 fully saturated rings. The molecule has 2 aliphatic heterocycles. The van der Waals surface area contributed by atoms with Gasteiger partial charge >= 0.3 is 0 Å². The maximum atomic E-state index is 9.46. The van der Waals surface area contributed by atoms with Gasteiger partial charge in [0.2, 0.25) is 0 Å². The predicted molar refractivity (Wildman–Crippen MR) is 142 cm³/mol. The number of piperazine rings is 1. The molecule has 0 aliphatic carbocycles. The topological polar surface area (TPSA) is 71.2 Å². The van der Waals surface area contributed by atoms with Gasteiger partial charge in [0.05, 0.1) is 18.8 Å². The van der Waals surface area contributed by atoms with Crippen molar-refractivity contribution in [3.8, 4) is 0 Å². The Morgan fingerprint density at radius 1 is 0.806 bits per heavy atom. The zero-order chi connectivity index (χ0) is 24.9. The van der Waals surface area contributed by atoms with Crippen LogP contribution in [0.4, 0.5) is 5.69 Å². The van der Waals surface area contributed by atoms with Crippen LogP contribution >= 0.6 is 0 Å². The smallest absolute Gasteiger partial charge is 0.185 e. The maximum Gasteiger partial charge on any atom is 0.185 e. The molecule has 36 heavy (non-hydrogen) atoms. The molecule has 0 radical (unpaired) electrons. The van der Waals surface area contributed by atoms with Gasteiger partial charge in [0.1, 0.15) is 0 Å². The molecule has 0 aromatic heterocycles. The standard InChI is InChI=1S/C30H37N3O3/c1-22-28(20-33-16-14-32(15-17-33)19-23-6-3-2-4-7-23)35-30(26-8-5-9-27(31)18-26)36-29(22)25-12-10-24(21-34)11-13-25/h2-13,18,22,28-30,34H,14-17,19-21,31H2,1H3/t22-,28+,29+,30+/m1/s1. The Hall–Kier alpha value is -2.74. The Kier molecular flexibility index (Phi) is 7.99. The fraction of sp³-hybridized carbons (Fsp3) is 0.400. The minimum absolute atomic E-state index is 0.0216. The van der Waals surface area contributed by atoms with Gasteiger partial charge in [0.25, 0.3) is 0 Å². The Morgan fingerprint density at radius 3 is 2.22 bits per heavy atom. The maximum absolute atomic E-state index is 9.46. The summed E-state index contributed by atoms with van der Waals surface area (Å²) in [5.41, 5.74) is 11.1. The van der Waals surface area contributed by atoms with E-state index in [-0.39, 0.29) is 24.7 Å². The monoisotopic (exact) mass is 487 g/mol. The highest BCUT2D eigenvalue weighted by molar-refractivity contribution is 5.41.